The van der Waals surface area contributed by atoms with E-state index >= 15 is 0 Å². The van der Waals surface area contributed by atoms with Crippen LogP contribution >= 0.6 is 0 Å². The Labute approximate surface area is 188 Å². The van der Waals surface area contributed by atoms with Gasteiger partial charge in [0, 0.05) is 35.1 Å². The van der Waals surface area contributed by atoms with E-state index in [0.717, 1.165) is 27.7 Å². The van der Waals surface area contributed by atoms with Gasteiger partial charge in [-0.15, -0.1) is 0 Å². The molecule has 1 aliphatic rings. The van der Waals surface area contributed by atoms with Gasteiger partial charge in [0.1, 0.15) is 5.69 Å². The second kappa shape index (κ2) is 7.21. The first-order valence-corrected chi connectivity index (χ1v) is 10.6. The van der Waals surface area contributed by atoms with Crippen LogP contribution in [0.5, 0.6) is 0 Å². The third kappa shape index (κ3) is 2.94. The number of benzene rings is 1. The average Bonchev–Trinajstić information content (AvgIpc) is 3.48. The van der Waals surface area contributed by atoms with E-state index in [-0.39, 0.29) is 12.3 Å². The Morgan fingerprint density at radius 3 is 2.79 bits per heavy atom. The predicted octanol–water partition coefficient (Wildman–Crippen LogP) is 3.75. The van der Waals surface area contributed by atoms with Crippen molar-refractivity contribution in [2.24, 2.45) is 5.92 Å². The quantitative estimate of drug-likeness (QED) is 0.425. The number of aromatic nitrogens is 7. The molecular formula is C24H17N9. The van der Waals surface area contributed by atoms with Crippen LogP contribution in [0, 0.1) is 28.6 Å². The number of imidazole rings is 1. The van der Waals surface area contributed by atoms with Crippen molar-refractivity contribution in [2.75, 3.05) is 0 Å². The van der Waals surface area contributed by atoms with Crippen LogP contribution in [0.1, 0.15) is 19.3 Å². The number of rotatable bonds is 4. The Morgan fingerprint density at radius 1 is 1.06 bits per heavy atom. The minimum absolute atomic E-state index is 0.0649. The van der Waals surface area contributed by atoms with Gasteiger partial charge >= 0.3 is 0 Å². The highest BCUT2D eigenvalue weighted by Crippen LogP contribution is 2.45. The van der Waals surface area contributed by atoms with Gasteiger partial charge in [-0.25, -0.2) is 9.97 Å². The Hall–Kier alpha value is -4.63. The maximum atomic E-state index is 9.36. The zero-order valence-electron chi connectivity index (χ0n) is 17.5. The Kier molecular flexibility index (Phi) is 4.17. The Balaban J connectivity index is 1.50. The molecule has 158 valence electrons. The van der Waals surface area contributed by atoms with Crippen LogP contribution in [-0.2, 0) is 5.54 Å². The zero-order chi connectivity index (χ0) is 22.4. The van der Waals surface area contributed by atoms with E-state index in [1.165, 1.54) is 0 Å². The molecule has 1 fully saturated rings. The van der Waals surface area contributed by atoms with Crippen molar-refractivity contribution >= 4 is 16.7 Å². The number of hydrogen-bond acceptors (Lipinski definition) is 7. The number of nitrogens with zero attached hydrogens (tertiary/aromatic N) is 9. The number of fused-ring (bicyclic) bond motifs is 2. The van der Waals surface area contributed by atoms with Crippen LogP contribution in [0.2, 0.25) is 0 Å². The second-order valence-corrected chi connectivity index (χ2v) is 8.34. The molecule has 0 saturated heterocycles. The summed E-state index contributed by atoms with van der Waals surface area (Å²) in [4.78, 5) is 14.9. The van der Waals surface area contributed by atoms with Gasteiger partial charge in [-0.1, -0.05) is 6.07 Å². The number of pyridine rings is 1. The second-order valence-electron chi connectivity index (χ2n) is 8.34. The molecule has 4 aromatic heterocycles. The molecule has 0 radical (unpaired) electrons. The van der Waals surface area contributed by atoms with Crippen molar-refractivity contribution in [3.05, 3.63) is 61.3 Å². The van der Waals surface area contributed by atoms with E-state index < -0.39 is 5.54 Å². The molecule has 0 unspecified atom stereocenters. The summed E-state index contributed by atoms with van der Waals surface area (Å²) in [6.45, 7) is 0. The highest BCUT2D eigenvalue weighted by molar-refractivity contribution is 5.97. The Bertz CT molecular complexity index is 1590. The van der Waals surface area contributed by atoms with Gasteiger partial charge in [0.05, 0.1) is 53.6 Å². The molecule has 33 heavy (non-hydrogen) atoms. The molecular weight excluding hydrogens is 414 g/mol. The molecule has 1 aromatic carbocycles. The van der Waals surface area contributed by atoms with Crippen molar-refractivity contribution < 1.29 is 0 Å². The van der Waals surface area contributed by atoms with Crippen molar-refractivity contribution in [1.82, 2.24) is 34.3 Å². The van der Waals surface area contributed by atoms with E-state index in [2.05, 4.69) is 38.3 Å². The normalized spacial score (nSPS) is 19.8. The van der Waals surface area contributed by atoms with E-state index in [0.29, 0.717) is 24.3 Å². The van der Waals surface area contributed by atoms with Crippen molar-refractivity contribution in [3.8, 4) is 34.7 Å². The van der Waals surface area contributed by atoms with E-state index in [9.17, 15) is 10.5 Å². The van der Waals surface area contributed by atoms with Gasteiger partial charge in [0.2, 0.25) is 5.78 Å². The van der Waals surface area contributed by atoms with Gasteiger partial charge in [0.15, 0.2) is 0 Å². The molecule has 6 rings (SSSR count). The van der Waals surface area contributed by atoms with Gasteiger partial charge in [-0.2, -0.15) is 25.5 Å². The zero-order valence-corrected chi connectivity index (χ0v) is 17.5. The van der Waals surface area contributed by atoms with Crippen molar-refractivity contribution in [3.63, 3.8) is 0 Å². The smallest absolute Gasteiger partial charge is 0.234 e. The van der Waals surface area contributed by atoms with Crippen LogP contribution in [0.3, 0.4) is 0 Å². The third-order valence-electron chi connectivity index (χ3n) is 6.34. The topological polar surface area (TPSA) is 121 Å². The molecule has 0 amide bonds. The summed E-state index contributed by atoms with van der Waals surface area (Å²) in [6, 6.07) is 14.4. The van der Waals surface area contributed by atoms with E-state index in [4.69, 9.17) is 5.10 Å². The number of nitriles is 2. The lowest BCUT2D eigenvalue weighted by Crippen LogP contribution is -2.47. The maximum absolute atomic E-state index is 9.36. The van der Waals surface area contributed by atoms with Crippen molar-refractivity contribution in [2.45, 2.75) is 24.8 Å². The predicted molar refractivity (Wildman–Crippen MR) is 119 cm³/mol. The summed E-state index contributed by atoms with van der Waals surface area (Å²) in [5, 5.41) is 28.8. The number of hydrogen-bond donors (Lipinski definition) is 0. The fourth-order valence-electron chi connectivity index (χ4n) is 4.67. The van der Waals surface area contributed by atoms with Crippen LogP contribution < -0.4 is 0 Å². The summed E-state index contributed by atoms with van der Waals surface area (Å²) >= 11 is 0. The average molecular weight is 431 g/mol. The van der Waals surface area contributed by atoms with E-state index in [1.54, 1.807) is 29.6 Å². The lowest BCUT2D eigenvalue weighted by Gasteiger charge is -2.42. The standard InChI is InChI=1S/C24H17N9/c25-5-4-24(11-16(12-24)13-26)33-30-14-21(31-33)19-9-17(10-20-18(19)3-1-6-27-20)22-15-29-23-28-7-2-8-32(22)23/h1-3,6-10,14-16H,4,11-12H2. The minimum Gasteiger partial charge on any atom is -0.284 e. The summed E-state index contributed by atoms with van der Waals surface area (Å²) in [6.07, 6.45) is 10.4. The fourth-order valence-corrected chi connectivity index (χ4v) is 4.67. The molecule has 0 bridgehead atoms. The largest absolute Gasteiger partial charge is 0.284 e. The summed E-state index contributed by atoms with van der Waals surface area (Å²) in [5.41, 5.74) is 3.73. The lowest BCUT2D eigenvalue weighted by atomic mass is 9.68. The molecule has 4 heterocycles. The highest BCUT2D eigenvalue weighted by atomic mass is 15.5. The van der Waals surface area contributed by atoms with Gasteiger partial charge in [-0.05, 0) is 37.1 Å². The van der Waals surface area contributed by atoms with Crippen LogP contribution in [0.4, 0.5) is 0 Å². The fraction of sp³-hybridized carbons (Fsp3) is 0.208. The maximum Gasteiger partial charge on any atom is 0.234 e. The first-order valence-electron chi connectivity index (χ1n) is 10.6. The molecule has 0 spiro atoms. The Morgan fingerprint density at radius 2 is 1.94 bits per heavy atom. The van der Waals surface area contributed by atoms with Crippen LogP contribution in [0.15, 0.2) is 61.3 Å². The molecule has 9 nitrogen and oxygen atoms in total. The van der Waals surface area contributed by atoms with E-state index in [1.807, 2.05) is 34.9 Å². The van der Waals surface area contributed by atoms with Crippen LogP contribution in [0.25, 0.3) is 39.2 Å². The first kappa shape index (κ1) is 19.1. The molecule has 0 aliphatic heterocycles. The van der Waals surface area contributed by atoms with Gasteiger partial charge < -0.3 is 0 Å². The highest BCUT2D eigenvalue weighted by Gasteiger charge is 2.48. The van der Waals surface area contributed by atoms with Crippen molar-refractivity contribution in [1.29, 1.82) is 10.5 Å². The lowest BCUT2D eigenvalue weighted by molar-refractivity contribution is 0.0713. The first-order chi connectivity index (χ1) is 16.2. The van der Waals surface area contributed by atoms with Crippen LogP contribution in [-0.4, -0.2) is 34.3 Å². The third-order valence-corrected chi connectivity index (χ3v) is 6.34. The summed E-state index contributed by atoms with van der Waals surface area (Å²) in [5.74, 6) is 0.557. The minimum atomic E-state index is -0.521. The molecule has 0 N–H and O–H groups in total. The van der Waals surface area contributed by atoms with Gasteiger partial charge in [-0.3, -0.25) is 9.38 Å². The van der Waals surface area contributed by atoms with Gasteiger partial charge in [0.25, 0.3) is 0 Å². The molecule has 0 atom stereocenters. The monoisotopic (exact) mass is 431 g/mol. The SMILES string of the molecule is N#CCC1(n2ncc(-c3cc(-c4cnc5ncccn45)cc4ncccc34)n2)CC(C#N)C1. The molecule has 5 aromatic rings. The molecule has 1 aliphatic carbocycles. The molecule has 1 saturated carbocycles. The summed E-state index contributed by atoms with van der Waals surface area (Å²) < 4.78 is 1.93. The molecule has 9 heteroatoms. The summed E-state index contributed by atoms with van der Waals surface area (Å²) in [7, 11) is 0.